The van der Waals surface area contributed by atoms with Gasteiger partial charge in [-0.2, -0.15) is 4.68 Å². The number of nitrogens with zero attached hydrogens (tertiary/aromatic N) is 3. The van der Waals surface area contributed by atoms with Gasteiger partial charge in [0.2, 0.25) is 5.91 Å². The highest BCUT2D eigenvalue weighted by Crippen LogP contribution is 2.27. The van der Waals surface area contributed by atoms with E-state index in [9.17, 15) is 19.7 Å². The molecule has 148 valence electrons. The van der Waals surface area contributed by atoms with Crippen molar-refractivity contribution in [2.75, 3.05) is 5.32 Å². The summed E-state index contributed by atoms with van der Waals surface area (Å²) in [5.41, 5.74) is 1.41. The van der Waals surface area contributed by atoms with Crippen LogP contribution in [0.5, 0.6) is 0 Å². The summed E-state index contributed by atoms with van der Waals surface area (Å²) >= 11 is 9.14. The average molecular weight is 478 g/mol. The van der Waals surface area contributed by atoms with E-state index in [0.717, 1.165) is 0 Å². The van der Waals surface area contributed by atoms with Crippen LogP contribution in [0.3, 0.4) is 0 Å². The van der Waals surface area contributed by atoms with Gasteiger partial charge in [0.1, 0.15) is 11.0 Å². The maximum Gasteiger partial charge on any atom is 0.404 e. The molecule has 10 heteroatoms. The van der Waals surface area contributed by atoms with E-state index in [1.165, 1.54) is 16.8 Å². The van der Waals surface area contributed by atoms with Crippen molar-refractivity contribution in [3.8, 4) is 0 Å². The number of carbonyl (C=O) groups is 2. The molecule has 1 aromatic heterocycles. The maximum absolute atomic E-state index is 12.8. The third kappa shape index (κ3) is 4.52. The lowest BCUT2D eigenvalue weighted by Crippen LogP contribution is -2.21. The summed E-state index contributed by atoms with van der Waals surface area (Å²) in [6, 6.07) is 13.2. The highest BCUT2D eigenvalue weighted by molar-refractivity contribution is 9.10. The molecular weight excluding hydrogens is 464 g/mol. The number of amides is 1. The highest BCUT2D eigenvalue weighted by atomic mass is 79.9. The minimum atomic E-state index is -0.638. The lowest BCUT2D eigenvalue weighted by atomic mass is 10.0. The molecule has 1 heterocycles. The molecule has 1 N–H and O–H groups in total. The van der Waals surface area contributed by atoms with Gasteiger partial charge in [-0.25, -0.2) is 0 Å². The van der Waals surface area contributed by atoms with E-state index in [2.05, 4.69) is 26.3 Å². The van der Waals surface area contributed by atoms with Crippen molar-refractivity contribution in [3.05, 3.63) is 85.0 Å². The number of ketones is 1. The number of nitro groups is 1. The van der Waals surface area contributed by atoms with E-state index in [0.29, 0.717) is 16.3 Å². The average Bonchev–Trinajstić information content (AvgIpc) is 2.98. The smallest absolute Gasteiger partial charge is 0.358 e. The molecule has 0 aliphatic heterocycles. The Balaban J connectivity index is 1.86. The fraction of sp³-hybridized carbons (Fsp3) is 0.105. The van der Waals surface area contributed by atoms with Crippen LogP contribution < -0.4 is 5.32 Å². The van der Waals surface area contributed by atoms with Gasteiger partial charge < -0.3 is 15.4 Å². The summed E-state index contributed by atoms with van der Waals surface area (Å²) in [5, 5.41) is 17.8. The van der Waals surface area contributed by atoms with Crippen LogP contribution in [-0.4, -0.2) is 26.4 Å². The van der Waals surface area contributed by atoms with Gasteiger partial charge in [0.15, 0.2) is 5.78 Å². The van der Waals surface area contributed by atoms with E-state index in [1.807, 2.05) is 0 Å². The summed E-state index contributed by atoms with van der Waals surface area (Å²) in [5.74, 6) is -1.17. The predicted octanol–water partition coefficient (Wildman–Crippen LogP) is 4.39. The van der Waals surface area contributed by atoms with Gasteiger partial charge in [0, 0.05) is 16.1 Å². The molecule has 0 fully saturated rings. The molecule has 3 aromatic rings. The molecule has 0 saturated heterocycles. The first-order chi connectivity index (χ1) is 13.8. The summed E-state index contributed by atoms with van der Waals surface area (Å²) in [6.07, 6.45) is 0. The molecule has 0 aliphatic rings. The number of anilines is 1. The van der Waals surface area contributed by atoms with Crippen molar-refractivity contribution < 1.29 is 14.5 Å². The fourth-order valence-electron chi connectivity index (χ4n) is 2.66. The summed E-state index contributed by atoms with van der Waals surface area (Å²) in [4.78, 5) is 35.7. The molecule has 0 bridgehead atoms. The SMILES string of the molecule is Cc1c(Br)c([N+](=O)[O-])nn1CC(=O)Nc1ccc(Cl)cc1C(=O)c1ccccc1. The molecule has 0 atom stereocenters. The first kappa shape index (κ1) is 20.7. The van der Waals surface area contributed by atoms with Crippen LogP contribution in [-0.2, 0) is 11.3 Å². The zero-order valence-corrected chi connectivity index (χ0v) is 17.4. The van der Waals surface area contributed by atoms with Crippen LogP contribution in [0, 0.1) is 17.0 Å². The largest absolute Gasteiger partial charge is 0.404 e. The van der Waals surface area contributed by atoms with Crippen molar-refractivity contribution in [1.82, 2.24) is 9.78 Å². The minimum absolute atomic E-state index is 0.210. The minimum Gasteiger partial charge on any atom is -0.358 e. The van der Waals surface area contributed by atoms with Gasteiger partial charge in [-0.1, -0.05) is 41.9 Å². The Morgan fingerprint density at radius 1 is 1.24 bits per heavy atom. The number of aromatic nitrogens is 2. The monoisotopic (exact) mass is 476 g/mol. The van der Waals surface area contributed by atoms with E-state index < -0.39 is 10.8 Å². The van der Waals surface area contributed by atoms with Crippen molar-refractivity contribution >= 4 is 50.7 Å². The lowest BCUT2D eigenvalue weighted by Gasteiger charge is -2.11. The van der Waals surface area contributed by atoms with Gasteiger partial charge >= 0.3 is 5.82 Å². The Morgan fingerprint density at radius 2 is 1.93 bits per heavy atom. The molecule has 0 aliphatic carbocycles. The topological polar surface area (TPSA) is 107 Å². The molecule has 1 amide bonds. The first-order valence-corrected chi connectivity index (χ1v) is 9.51. The Kier molecular flexibility index (Phi) is 6.09. The quantitative estimate of drug-likeness (QED) is 0.322. The highest BCUT2D eigenvalue weighted by Gasteiger charge is 2.25. The molecule has 29 heavy (non-hydrogen) atoms. The summed E-state index contributed by atoms with van der Waals surface area (Å²) < 4.78 is 1.42. The number of benzene rings is 2. The fourth-order valence-corrected chi connectivity index (χ4v) is 3.26. The van der Waals surface area contributed by atoms with Crippen LogP contribution >= 0.6 is 27.5 Å². The molecule has 0 saturated carbocycles. The molecule has 2 aromatic carbocycles. The molecule has 0 radical (unpaired) electrons. The Labute approximate surface area is 178 Å². The zero-order chi connectivity index (χ0) is 21.1. The number of hydrogen-bond acceptors (Lipinski definition) is 5. The van der Waals surface area contributed by atoms with Crippen LogP contribution in [0.25, 0.3) is 0 Å². The number of nitrogens with one attached hydrogen (secondary N) is 1. The maximum atomic E-state index is 12.8. The molecule has 8 nitrogen and oxygen atoms in total. The van der Waals surface area contributed by atoms with Gasteiger partial charge in [-0.15, -0.1) is 0 Å². The van der Waals surface area contributed by atoms with E-state index in [-0.39, 0.29) is 33.9 Å². The second-order valence-electron chi connectivity index (χ2n) is 6.07. The van der Waals surface area contributed by atoms with Gasteiger partial charge in [0.05, 0.1) is 16.5 Å². The second-order valence-corrected chi connectivity index (χ2v) is 7.30. The lowest BCUT2D eigenvalue weighted by molar-refractivity contribution is -0.390. The van der Waals surface area contributed by atoms with Crippen LogP contribution in [0.2, 0.25) is 5.02 Å². The Bertz CT molecular complexity index is 1110. The third-order valence-corrected chi connectivity index (χ3v) is 5.28. The van der Waals surface area contributed by atoms with Crippen molar-refractivity contribution in [2.45, 2.75) is 13.5 Å². The summed E-state index contributed by atoms with van der Waals surface area (Å²) in [6.45, 7) is 1.34. The van der Waals surface area contributed by atoms with Gasteiger partial charge in [-0.3, -0.25) is 9.59 Å². The number of rotatable bonds is 6. The third-order valence-electron chi connectivity index (χ3n) is 4.12. The number of halogens is 2. The van der Waals surface area contributed by atoms with Gasteiger partial charge in [0.25, 0.3) is 0 Å². The first-order valence-electron chi connectivity index (χ1n) is 8.34. The van der Waals surface area contributed by atoms with E-state index in [4.69, 9.17) is 11.6 Å². The van der Waals surface area contributed by atoms with E-state index >= 15 is 0 Å². The summed E-state index contributed by atoms with van der Waals surface area (Å²) in [7, 11) is 0. The molecule has 3 rings (SSSR count). The molecule has 0 unspecified atom stereocenters. The van der Waals surface area contributed by atoms with Crippen molar-refractivity contribution in [1.29, 1.82) is 0 Å². The van der Waals surface area contributed by atoms with Crippen molar-refractivity contribution in [2.24, 2.45) is 0 Å². The Morgan fingerprint density at radius 3 is 2.55 bits per heavy atom. The zero-order valence-electron chi connectivity index (χ0n) is 15.1. The molecule has 0 spiro atoms. The van der Waals surface area contributed by atoms with Crippen LogP contribution in [0.1, 0.15) is 21.6 Å². The predicted molar refractivity (Wildman–Crippen MR) is 111 cm³/mol. The standard InChI is InChI=1S/C19H14BrClN4O4/c1-11-17(20)19(25(28)29)23-24(11)10-16(26)22-15-8-7-13(21)9-14(15)18(27)12-5-3-2-4-6-12/h2-9H,10H2,1H3,(H,22,26). The number of hydrogen-bond donors (Lipinski definition) is 1. The normalized spacial score (nSPS) is 10.6. The van der Waals surface area contributed by atoms with Crippen LogP contribution in [0.15, 0.2) is 53.0 Å². The molecular formula is C19H14BrClN4O4. The Hall–Kier alpha value is -3.04. The van der Waals surface area contributed by atoms with E-state index in [1.54, 1.807) is 43.3 Å². The van der Waals surface area contributed by atoms with Gasteiger partial charge in [-0.05, 0) is 46.0 Å². The number of carbonyl (C=O) groups excluding carboxylic acids is 2. The second kappa shape index (κ2) is 8.54. The van der Waals surface area contributed by atoms with Crippen molar-refractivity contribution in [3.63, 3.8) is 0 Å². The van der Waals surface area contributed by atoms with Crippen LogP contribution in [0.4, 0.5) is 11.5 Å².